The molecule has 0 aliphatic carbocycles. The van der Waals surface area contributed by atoms with Gasteiger partial charge in [0.1, 0.15) is 5.75 Å². The Morgan fingerprint density at radius 1 is 1.35 bits per heavy atom. The molecular formula is C13H18INO2. The van der Waals surface area contributed by atoms with E-state index in [0.29, 0.717) is 12.0 Å². The van der Waals surface area contributed by atoms with Crippen molar-refractivity contribution in [2.45, 2.75) is 36.8 Å². The molecule has 0 saturated heterocycles. The summed E-state index contributed by atoms with van der Waals surface area (Å²) in [6.07, 6.45) is 0.447. The summed E-state index contributed by atoms with van der Waals surface area (Å²) in [6, 6.07) is 6.37. The summed E-state index contributed by atoms with van der Waals surface area (Å²) in [6.45, 7) is 6.22. The van der Waals surface area contributed by atoms with Crippen molar-refractivity contribution in [3.8, 4) is 5.75 Å². The van der Waals surface area contributed by atoms with Gasteiger partial charge in [-0.1, -0.05) is 22.6 Å². The van der Waals surface area contributed by atoms with Crippen LogP contribution in [-0.4, -0.2) is 20.5 Å². The minimum Gasteiger partial charge on any atom is -0.508 e. The molecule has 1 aromatic rings. The highest BCUT2D eigenvalue weighted by molar-refractivity contribution is 14.1. The largest absolute Gasteiger partial charge is 0.508 e. The molecule has 1 aromatic carbocycles. The Bertz CT molecular complexity index is 381. The third kappa shape index (κ3) is 5.50. The summed E-state index contributed by atoms with van der Waals surface area (Å²) < 4.78 is 0.105. The molecule has 1 unspecified atom stereocenters. The summed E-state index contributed by atoms with van der Waals surface area (Å²) in [5, 5.41) is 12.5. The lowest BCUT2D eigenvalue weighted by Gasteiger charge is -2.24. The topological polar surface area (TPSA) is 49.3 Å². The Hall–Kier alpha value is -0.620. The standard InChI is InChI=1S/C13H18INO2/c1-13(2,3)15-12(14)8-11(17)9-4-6-10(16)7-5-9/h4-7,12,15-16H,8H2,1-3H3. The molecule has 0 fully saturated rings. The first-order valence-electron chi connectivity index (χ1n) is 5.52. The minimum absolute atomic E-state index is 0.00108. The predicted molar refractivity (Wildman–Crippen MR) is 77.8 cm³/mol. The molecule has 94 valence electrons. The first-order chi connectivity index (χ1) is 7.78. The number of nitrogens with one attached hydrogen (secondary N) is 1. The van der Waals surface area contributed by atoms with E-state index in [2.05, 4.69) is 48.7 Å². The van der Waals surface area contributed by atoms with E-state index < -0.39 is 0 Å². The van der Waals surface area contributed by atoms with Crippen LogP contribution in [-0.2, 0) is 0 Å². The van der Waals surface area contributed by atoms with Gasteiger partial charge in [0, 0.05) is 17.5 Å². The number of phenols is 1. The molecule has 0 saturated carbocycles. The number of benzene rings is 1. The Balaban J connectivity index is 2.57. The van der Waals surface area contributed by atoms with Gasteiger partial charge >= 0.3 is 0 Å². The maximum absolute atomic E-state index is 11.9. The highest BCUT2D eigenvalue weighted by Gasteiger charge is 2.18. The molecule has 0 heterocycles. The van der Waals surface area contributed by atoms with Gasteiger partial charge in [-0.05, 0) is 45.0 Å². The van der Waals surface area contributed by atoms with Crippen LogP contribution in [0, 0.1) is 0 Å². The van der Waals surface area contributed by atoms with Crippen LogP contribution in [0.3, 0.4) is 0 Å². The average molecular weight is 347 g/mol. The van der Waals surface area contributed by atoms with Crippen LogP contribution in [0.2, 0.25) is 0 Å². The third-order valence-electron chi connectivity index (χ3n) is 2.14. The van der Waals surface area contributed by atoms with Crippen LogP contribution in [0.1, 0.15) is 37.6 Å². The average Bonchev–Trinajstić information content (AvgIpc) is 2.15. The number of alkyl halides is 1. The lowest BCUT2D eigenvalue weighted by molar-refractivity contribution is 0.0978. The fourth-order valence-corrected chi connectivity index (χ4v) is 2.78. The SMILES string of the molecule is CC(C)(C)NC(I)CC(=O)c1ccc(O)cc1. The van der Waals surface area contributed by atoms with Crippen LogP contribution in [0.15, 0.2) is 24.3 Å². The Kier molecular flexibility index (Phi) is 4.94. The number of phenolic OH excluding ortho intramolecular Hbond substituents is 1. The van der Waals surface area contributed by atoms with E-state index >= 15 is 0 Å². The highest BCUT2D eigenvalue weighted by atomic mass is 127. The normalized spacial score (nSPS) is 13.4. The van der Waals surface area contributed by atoms with Crippen LogP contribution in [0.4, 0.5) is 0 Å². The molecular weight excluding hydrogens is 329 g/mol. The van der Waals surface area contributed by atoms with E-state index in [1.165, 1.54) is 12.1 Å². The van der Waals surface area contributed by atoms with E-state index in [1.54, 1.807) is 12.1 Å². The highest BCUT2D eigenvalue weighted by Crippen LogP contribution is 2.15. The van der Waals surface area contributed by atoms with Gasteiger partial charge in [-0.15, -0.1) is 0 Å². The number of hydrogen-bond acceptors (Lipinski definition) is 3. The van der Waals surface area contributed by atoms with Crippen LogP contribution >= 0.6 is 22.6 Å². The van der Waals surface area contributed by atoms with Gasteiger partial charge < -0.3 is 10.4 Å². The minimum atomic E-state index is 0.00108. The zero-order chi connectivity index (χ0) is 13.1. The first kappa shape index (κ1) is 14.4. The maximum atomic E-state index is 11.9. The lowest BCUT2D eigenvalue weighted by Crippen LogP contribution is -2.41. The Labute approximate surface area is 116 Å². The fourth-order valence-electron chi connectivity index (χ4n) is 1.45. The first-order valence-corrected chi connectivity index (χ1v) is 6.76. The molecule has 0 aliphatic heterocycles. The number of carbonyl (C=O) groups excluding carboxylic acids is 1. The fraction of sp³-hybridized carbons (Fsp3) is 0.462. The molecule has 1 rings (SSSR count). The second kappa shape index (κ2) is 5.82. The van der Waals surface area contributed by atoms with Crippen LogP contribution in [0.5, 0.6) is 5.75 Å². The van der Waals surface area contributed by atoms with Gasteiger partial charge in [0.15, 0.2) is 5.78 Å². The molecule has 0 bridgehead atoms. The van der Waals surface area contributed by atoms with Crippen molar-refractivity contribution in [2.75, 3.05) is 0 Å². The molecule has 0 spiro atoms. The molecule has 1 atom stereocenters. The molecule has 0 radical (unpaired) electrons. The zero-order valence-corrected chi connectivity index (χ0v) is 12.5. The van der Waals surface area contributed by atoms with Crippen molar-refractivity contribution in [1.29, 1.82) is 0 Å². The van der Waals surface area contributed by atoms with Gasteiger partial charge in [-0.3, -0.25) is 4.79 Å². The summed E-state index contributed by atoms with van der Waals surface area (Å²) in [5.74, 6) is 0.265. The number of aromatic hydroxyl groups is 1. The predicted octanol–water partition coefficient (Wildman–Crippen LogP) is 3.11. The van der Waals surface area contributed by atoms with Crippen molar-refractivity contribution in [3.63, 3.8) is 0 Å². The van der Waals surface area contributed by atoms with Gasteiger partial charge in [0.05, 0.1) is 4.05 Å². The third-order valence-corrected chi connectivity index (χ3v) is 2.90. The monoisotopic (exact) mass is 347 g/mol. The van der Waals surface area contributed by atoms with E-state index in [0.717, 1.165) is 0 Å². The smallest absolute Gasteiger partial charge is 0.165 e. The van der Waals surface area contributed by atoms with Crippen LogP contribution < -0.4 is 5.32 Å². The molecule has 0 amide bonds. The van der Waals surface area contributed by atoms with E-state index in [4.69, 9.17) is 5.11 Å². The second-order valence-electron chi connectivity index (χ2n) is 5.04. The quantitative estimate of drug-likeness (QED) is 0.381. The number of carbonyl (C=O) groups is 1. The molecule has 2 N–H and O–H groups in total. The molecule has 0 aromatic heterocycles. The molecule has 0 aliphatic rings. The van der Waals surface area contributed by atoms with Gasteiger partial charge in [0.2, 0.25) is 0 Å². The lowest BCUT2D eigenvalue weighted by atomic mass is 10.1. The Morgan fingerprint density at radius 3 is 2.35 bits per heavy atom. The van der Waals surface area contributed by atoms with E-state index in [1.807, 2.05) is 0 Å². The van der Waals surface area contributed by atoms with Gasteiger partial charge in [-0.2, -0.15) is 0 Å². The van der Waals surface area contributed by atoms with Crippen molar-refractivity contribution in [1.82, 2.24) is 5.32 Å². The number of Topliss-reactive ketones (excluding diaryl/α,β-unsaturated/α-hetero) is 1. The van der Waals surface area contributed by atoms with Crippen molar-refractivity contribution in [2.24, 2.45) is 0 Å². The van der Waals surface area contributed by atoms with Gasteiger partial charge in [0.25, 0.3) is 0 Å². The zero-order valence-electron chi connectivity index (χ0n) is 10.3. The van der Waals surface area contributed by atoms with Crippen molar-refractivity contribution in [3.05, 3.63) is 29.8 Å². The summed E-state index contributed by atoms with van der Waals surface area (Å²) >= 11 is 2.23. The van der Waals surface area contributed by atoms with E-state index in [9.17, 15) is 4.79 Å². The molecule has 17 heavy (non-hydrogen) atoms. The number of halogens is 1. The van der Waals surface area contributed by atoms with Crippen molar-refractivity contribution >= 4 is 28.4 Å². The molecule has 4 heteroatoms. The summed E-state index contributed by atoms with van der Waals surface area (Å²) in [7, 11) is 0. The van der Waals surface area contributed by atoms with Crippen LogP contribution in [0.25, 0.3) is 0 Å². The number of hydrogen-bond donors (Lipinski definition) is 2. The number of rotatable bonds is 4. The Morgan fingerprint density at radius 2 is 1.88 bits per heavy atom. The molecule has 3 nitrogen and oxygen atoms in total. The van der Waals surface area contributed by atoms with E-state index in [-0.39, 0.29) is 21.1 Å². The maximum Gasteiger partial charge on any atom is 0.165 e. The van der Waals surface area contributed by atoms with Gasteiger partial charge in [-0.25, -0.2) is 0 Å². The van der Waals surface area contributed by atoms with Crippen molar-refractivity contribution < 1.29 is 9.90 Å². The summed E-state index contributed by atoms with van der Waals surface area (Å²) in [4.78, 5) is 11.9. The number of ketones is 1. The second-order valence-corrected chi connectivity index (χ2v) is 6.54. The summed E-state index contributed by atoms with van der Waals surface area (Å²) in [5.41, 5.74) is 0.640.